The lowest BCUT2D eigenvalue weighted by Gasteiger charge is -2.14. The van der Waals surface area contributed by atoms with E-state index < -0.39 is 0 Å². The van der Waals surface area contributed by atoms with Crippen LogP contribution in [0.2, 0.25) is 5.02 Å². The molecule has 1 aromatic rings. The molecular weight excluding hydrogens is 242 g/mol. The normalized spacial score (nSPS) is 12.0. The molecule has 1 amide bonds. The second-order valence-electron chi connectivity index (χ2n) is 3.73. The summed E-state index contributed by atoms with van der Waals surface area (Å²) in [5, 5.41) is 12.0. The molecule has 1 atom stereocenters. The lowest BCUT2D eigenvalue weighted by molar-refractivity contribution is 0.0931. The van der Waals surface area contributed by atoms with Crippen LogP contribution in [0.1, 0.15) is 23.7 Å². The van der Waals surface area contributed by atoms with Gasteiger partial charge in [-0.2, -0.15) is 0 Å². The first-order valence-corrected chi connectivity index (χ1v) is 5.71. The van der Waals surface area contributed by atoms with Crippen molar-refractivity contribution in [3.63, 3.8) is 0 Å². The minimum absolute atomic E-state index is 0.0409. The Kier molecular flexibility index (Phi) is 5.25. The number of amides is 1. The maximum absolute atomic E-state index is 11.9. The summed E-state index contributed by atoms with van der Waals surface area (Å²) < 4.78 is 5.09. The first-order valence-electron chi connectivity index (χ1n) is 5.33. The van der Waals surface area contributed by atoms with Crippen molar-refractivity contribution < 1.29 is 14.6 Å². The summed E-state index contributed by atoms with van der Waals surface area (Å²) in [6.45, 7) is 1.87. The highest BCUT2D eigenvalue weighted by molar-refractivity contribution is 6.30. The van der Waals surface area contributed by atoms with Crippen molar-refractivity contribution in [2.24, 2.45) is 0 Å². The van der Waals surface area contributed by atoms with Crippen molar-refractivity contribution in [2.45, 2.75) is 19.4 Å². The number of rotatable bonds is 5. The maximum Gasteiger partial charge on any atom is 0.255 e. The highest BCUT2D eigenvalue weighted by Crippen LogP contribution is 2.23. The minimum atomic E-state index is -0.237. The largest absolute Gasteiger partial charge is 0.496 e. The Hall–Kier alpha value is -1.26. The fourth-order valence-electron chi connectivity index (χ4n) is 1.42. The van der Waals surface area contributed by atoms with E-state index in [1.165, 1.54) is 7.11 Å². The Morgan fingerprint density at radius 1 is 1.59 bits per heavy atom. The van der Waals surface area contributed by atoms with Crippen LogP contribution in [0.4, 0.5) is 0 Å². The SMILES string of the molecule is COc1cc(Cl)ccc1C(=O)NC(C)CCO. The molecular formula is C12H16ClNO3. The Morgan fingerprint density at radius 3 is 2.88 bits per heavy atom. The van der Waals surface area contributed by atoms with Gasteiger partial charge in [-0.1, -0.05) is 11.6 Å². The summed E-state index contributed by atoms with van der Waals surface area (Å²) in [5.41, 5.74) is 0.432. The van der Waals surface area contributed by atoms with E-state index in [-0.39, 0.29) is 18.6 Å². The highest BCUT2D eigenvalue weighted by Gasteiger charge is 2.14. The fourth-order valence-corrected chi connectivity index (χ4v) is 1.58. The fraction of sp³-hybridized carbons (Fsp3) is 0.417. The van der Waals surface area contributed by atoms with Crippen molar-refractivity contribution in [3.05, 3.63) is 28.8 Å². The monoisotopic (exact) mass is 257 g/mol. The molecule has 17 heavy (non-hydrogen) atoms. The molecule has 0 fully saturated rings. The number of hydrogen-bond donors (Lipinski definition) is 2. The zero-order valence-corrected chi connectivity index (χ0v) is 10.6. The third kappa shape index (κ3) is 3.91. The van der Waals surface area contributed by atoms with Gasteiger partial charge in [0.05, 0.1) is 12.7 Å². The Bertz CT molecular complexity index is 395. The van der Waals surface area contributed by atoms with E-state index in [0.29, 0.717) is 22.8 Å². The number of hydrogen-bond acceptors (Lipinski definition) is 3. The van der Waals surface area contributed by atoms with Gasteiger partial charge >= 0.3 is 0 Å². The molecule has 1 unspecified atom stereocenters. The van der Waals surface area contributed by atoms with Gasteiger partial charge in [-0.15, -0.1) is 0 Å². The molecule has 1 rings (SSSR count). The molecule has 0 aliphatic heterocycles. The highest BCUT2D eigenvalue weighted by atomic mass is 35.5. The number of aliphatic hydroxyl groups excluding tert-OH is 1. The van der Waals surface area contributed by atoms with Gasteiger partial charge in [-0.05, 0) is 31.5 Å². The summed E-state index contributed by atoms with van der Waals surface area (Å²) in [7, 11) is 1.49. The predicted octanol–water partition coefficient (Wildman–Crippen LogP) is 1.85. The van der Waals surface area contributed by atoms with E-state index in [9.17, 15) is 4.79 Å². The van der Waals surface area contributed by atoms with Crippen LogP contribution in [0.3, 0.4) is 0 Å². The predicted molar refractivity (Wildman–Crippen MR) is 66.6 cm³/mol. The minimum Gasteiger partial charge on any atom is -0.496 e. The second-order valence-corrected chi connectivity index (χ2v) is 4.17. The number of halogens is 1. The Morgan fingerprint density at radius 2 is 2.29 bits per heavy atom. The third-order valence-electron chi connectivity index (χ3n) is 2.35. The van der Waals surface area contributed by atoms with Crippen LogP contribution >= 0.6 is 11.6 Å². The molecule has 4 nitrogen and oxygen atoms in total. The quantitative estimate of drug-likeness (QED) is 0.846. The van der Waals surface area contributed by atoms with Crippen LogP contribution in [0, 0.1) is 0 Å². The number of aliphatic hydroxyl groups is 1. The topological polar surface area (TPSA) is 58.6 Å². The molecule has 0 aromatic heterocycles. The summed E-state index contributed by atoms with van der Waals surface area (Å²) in [4.78, 5) is 11.9. The molecule has 0 spiro atoms. The molecule has 1 aromatic carbocycles. The van der Waals surface area contributed by atoms with E-state index in [2.05, 4.69) is 5.32 Å². The van der Waals surface area contributed by atoms with Gasteiger partial charge in [0.1, 0.15) is 5.75 Å². The summed E-state index contributed by atoms with van der Waals surface area (Å²) >= 11 is 5.81. The molecule has 5 heteroatoms. The van der Waals surface area contributed by atoms with Crippen LogP contribution in [0.15, 0.2) is 18.2 Å². The molecule has 0 saturated carbocycles. The van der Waals surface area contributed by atoms with Crippen LogP contribution in [0.25, 0.3) is 0 Å². The van der Waals surface area contributed by atoms with Crippen LogP contribution in [-0.2, 0) is 0 Å². The maximum atomic E-state index is 11.9. The number of ether oxygens (including phenoxy) is 1. The van der Waals surface area contributed by atoms with E-state index in [1.807, 2.05) is 6.92 Å². The van der Waals surface area contributed by atoms with E-state index in [0.717, 1.165) is 0 Å². The van der Waals surface area contributed by atoms with Crippen molar-refractivity contribution in [2.75, 3.05) is 13.7 Å². The lowest BCUT2D eigenvalue weighted by Crippen LogP contribution is -2.33. The summed E-state index contributed by atoms with van der Waals surface area (Å²) in [6.07, 6.45) is 0.516. The zero-order valence-electron chi connectivity index (χ0n) is 9.87. The van der Waals surface area contributed by atoms with Gasteiger partial charge in [-0.3, -0.25) is 4.79 Å². The van der Waals surface area contributed by atoms with Crippen LogP contribution in [-0.4, -0.2) is 30.8 Å². The second kappa shape index (κ2) is 6.47. The van der Waals surface area contributed by atoms with E-state index >= 15 is 0 Å². The molecule has 0 radical (unpaired) electrons. The molecule has 0 saturated heterocycles. The summed E-state index contributed by atoms with van der Waals surface area (Å²) in [6, 6.07) is 4.75. The smallest absolute Gasteiger partial charge is 0.255 e. The van der Waals surface area contributed by atoms with Gasteiger partial charge in [-0.25, -0.2) is 0 Å². The van der Waals surface area contributed by atoms with Gasteiger partial charge < -0.3 is 15.2 Å². The van der Waals surface area contributed by atoms with E-state index in [1.54, 1.807) is 18.2 Å². The first-order chi connectivity index (χ1) is 8.08. The molecule has 0 bridgehead atoms. The average molecular weight is 258 g/mol. The number of carbonyl (C=O) groups excluding carboxylic acids is 1. The molecule has 0 aliphatic rings. The number of nitrogens with one attached hydrogen (secondary N) is 1. The van der Waals surface area contributed by atoms with Crippen molar-refractivity contribution >= 4 is 17.5 Å². The molecule has 94 valence electrons. The number of benzene rings is 1. The molecule has 0 aliphatic carbocycles. The van der Waals surface area contributed by atoms with Gasteiger partial charge in [0.25, 0.3) is 5.91 Å². The van der Waals surface area contributed by atoms with E-state index in [4.69, 9.17) is 21.4 Å². The van der Waals surface area contributed by atoms with Crippen molar-refractivity contribution in [3.8, 4) is 5.75 Å². The van der Waals surface area contributed by atoms with Gasteiger partial charge in [0.15, 0.2) is 0 Å². The molecule has 2 N–H and O–H groups in total. The van der Waals surface area contributed by atoms with Crippen molar-refractivity contribution in [1.82, 2.24) is 5.32 Å². The Balaban J connectivity index is 2.81. The van der Waals surface area contributed by atoms with Gasteiger partial charge in [0.2, 0.25) is 0 Å². The lowest BCUT2D eigenvalue weighted by atomic mass is 10.1. The third-order valence-corrected chi connectivity index (χ3v) is 2.58. The standard InChI is InChI=1S/C12H16ClNO3/c1-8(5-6-15)14-12(16)10-4-3-9(13)7-11(10)17-2/h3-4,7-8,15H,5-6H2,1-2H3,(H,14,16). The van der Waals surface area contributed by atoms with Crippen LogP contribution < -0.4 is 10.1 Å². The zero-order chi connectivity index (χ0) is 12.8. The van der Waals surface area contributed by atoms with Crippen molar-refractivity contribution in [1.29, 1.82) is 0 Å². The Labute approximate surface area is 106 Å². The first kappa shape index (κ1) is 13.8. The average Bonchev–Trinajstić information content (AvgIpc) is 2.28. The molecule has 0 heterocycles. The summed E-state index contributed by atoms with van der Waals surface area (Å²) in [5.74, 6) is 0.200. The van der Waals surface area contributed by atoms with Crippen LogP contribution in [0.5, 0.6) is 5.75 Å². The number of carbonyl (C=O) groups is 1. The number of methoxy groups -OCH3 is 1. The van der Waals surface area contributed by atoms with Gasteiger partial charge in [0, 0.05) is 17.7 Å².